The van der Waals surface area contributed by atoms with Crippen LogP contribution >= 0.6 is 11.6 Å². The number of rotatable bonds is 5. The summed E-state index contributed by atoms with van der Waals surface area (Å²) in [5.41, 5.74) is 0.488. The second kappa shape index (κ2) is 6.59. The molecule has 100 valence electrons. The normalized spacial score (nSPS) is 12.4. The molecule has 0 spiro atoms. The van der Waals surface area contributed by atoms with E-state index in [-0.39, 0.29) is 11.9 Å². The Balaban J connectivity index is 2.27. The van der Waals surface area contributed by atoms with Crippen LogP contribution in [0.1, 0.15) is 24.4 Å². The lowest BCUT2D eigenvalue weighted by atomic mass is 10.0. The van der Waals surface area contributed by atoms with E-state index in [0.717, 1.165) is 6.54 Å². The number of likely N-dealkylation sites (N-methyl/N-ethyl adjacent to an activating group) is 1. The number of hydrogen-bond donors (Lipinski definition) is 1. The van der Waals surface area contributed by atoms with Gasteiger partial charge in [-0.15, -0.1) is 0 Å². The maximum Gasteiger partial charge on any atom is 0.145 e. The van der Waals surface area contributed by atoms with E-state index < -0.39 is 0 Å². The zero-order valence-electron chi connectivity index (χ0n) is 10.6. The maximum atomic E-state index is 13.8. The van der Waals surface area contributed by atoms with Gasteiger partial charge in [0.05, 0.1) is 6.04 Å². The highest BCUT2D eigenvalue weighted by Crippen LogP contribution is 2.24. The molecule has 0 saturated carbocycles. The van der Waals surface area contributed by atoms with Gasteiger partial charge in [-0.1, -0.05) is 24.6 Å². The molecule has 2 aromatic rings. The van der Waals surface area contributed by atoms with E-state index in [0.29, 0.717) is 22.8 Å². The van der Waals surface area contributed by atoms with E-state index in [2.05, 4.69) is 15.3 Å². The topological polar surface area (TPSA) is 37.8 Å². The minimum absolute atomic E-state index is 0.152. The van der Waals surface area contributed by atoms with Crippen LogP contribution in [0, 0.1) is 5.82 Å². The summed E-state index contributed by atoms with van der Waals surface area (Å²) in [6.07, 6.45) is 3.77. The van der Waals surface area contributed by atoms with Gasteiger partial charge in [-0.3, -0.25) is 0 Å². The minimum Gasteiger partial charge on any atom is -0.307 e. The van der Waals surface area contributed by atoms with E-state index in [9.17, 15) is 4.39 Å². The molecule has 1 unspecified atom stereocenters. The van der Waals surface area contributed by atoms with Crippen LogP contribution in [0.2, 0.25) is 5.02 Å². The van der Waals surface area contributed by atoms with E-state index in [1.165, 1.54) is 6.07 Å². The van der Waals surface area contributed by atoms with Crippen LogP contribution in [0.3, 0.4) is 0 Å². The average Bonchev–Trinajstić information content (AvgIpc) is 2.43. The van der Waals surface area contributed by atoms with E-state index in [1.54, 1.807) is 30.6 Å². The van der Waals surface area contributed by atoms with Crippen molar-refractivity contribution in [3.63, 3.8) is 0 Å². The second-order valence-corrected chi connectivity index (χ2v) is 4.53. The zero-order chi connectivity index (χ0) is 13.7. The Morgan fingerprint density at radius 1 is 1.26 bits per heavy atom. The first kappa shape index (κ1) is 13.9. The molecule has 1 aromatic heterocycles. The molecule has 5 heteroatoms. The third-order valence-corrected chi connectivity index (χ3v) is 3.17. The summed E-state index contributed by atoms with van der Waals surface area (Å²) in [6.45, 7) is 2.73. The Labute approximate surface area is 116 Å². The Bertz CT molecular complexity index is 513. The molecule has 0 bridgehead atoms. The van der Waals surface area contributed by atoms with Crippen molar-refractivity contribution in [2.24, 2.45) is 0 Å². The van der Waals surface area contributed by atoms with Crippen LogP contribution in [0.15, 0.2) is 36.7 Å². The number of nitrogens with one attached hydrogen (secondary N) is 1. The van der Waals surface area contributed by atoms with Crippen LogP contribution in [0.4, 0.5) is 4.39 Å². The van der Waals surface area contributed by atoms with Gasteiger partial charge >= 0.3 is 0 Å². The molecule has 1 aromatic carbocycles. The first-order valence-corrected chi connectivity index (χ1v) is 6.53. The minimum atomic E-state index is -0.300. The Hall–Kier alpha value is -1.52. The summed E-state index contributed by atoms with van der Waals surface area (Å²) in [5.74, 6) is 0.343. The van der Waals surface area contributed by atoms with Gasteiger partial charge in [-0.05, 0) is 31.2 Å². The number of halogens is 2. The molecular formula is C14H15ClFN3. The van der Waals surface area contributed by atoms with Crippen molar-refractivity contribution in [2.45, 2.75) is 19.4 Å². The van der Waals surface area contributed by atoms with Crippen LogP contribution in [0.25, 0.3) is 0 Å². The van der Waals surface area contributed by atoms with Gasteiger partial charge in [0.2, 0.25) is 0 Å². The van der Waals surface area contributed by atoms with Gasteiger partial charge in [0.25, 0.3) is 0 Å². The molecule has 0 fully saturated rings. The highest BCUT2D eigenvalue weighted by molar-refractivity contribution is 6.31. The SMILES string of the molecule is CCNC(Cc1c(F)cccc1Cl)c1ncccn1. The Morgan fingerprint density at radius 2 is 2.00 bits per heavy atom. The van der Waals surface area contributed by atoms with E-state index in [4.69, 9.17) is 11.6 Å². The fourth-order valence-corrected chi connectivity index (χ4v) is 2.16. The molecule has 3 nitrogen and oxygen atoms in total. The average molecular weight is 280 g/mol. The summed E-state index contributed by atoms with van der Waals surface area (Å²) in [6, 6.07) is 6.30. The quantitative estimate of drug-likeness (QED) is 0.914. The molecular weight excluding hydrogens is 265 g/mol. The van der Waals surface area contributed by atoms with Crippen molar-refractivity contribution in [3.8, 4) is 0 Å². The maximum absolute atomic E-state index is 13.8. The number of aromatic nitrogens is 2. The third-order valence-electron chi connectivity index (χ3n) is 2.82. The largest absolute Gasteiger partial charge is 0.307 e. The predicted molar refractivity (Wildman–Crippen MR) is 73.6 cm³/mol. The van der Waals surface area contributed by atoms with Crippen LogP contribution in [-0.4, -0.2) is 16.5 Å². The lowest BCUT2D eigenvalue weighted by Crippen LogP contribution is -2.25. The number of benzene rings is 1. The van der Waals surface area contributed by atoms with E-state index in [1.807, 2.05) is 6.92 Å². The molecule has 0 radical (unpaired) electrons. The van der Waals surface area contributed by atoms with Gasteiger partial charge in [-0.25, -0.2) is 14.4 Å². The summed E-state index contributed by atoms with van der Waals surface area (Å²) < 4.78 is 13.8. The highest BCUT2D eigenvalue weighted by atomic mass is 35.5. The molecule has 0 saturated heterocycles. The first-order chi connectivity index (χ1) is 9.22. The summed E-state index contributed by atoms with van der Waals surface area (Å²) in [5, 5.41) is 3.68. The predicted octanol–water partition coefficient (Wildman–Crippen LogP) is 3.16. The van der Waals surface area contributed by atoms with Gasteiger partial charge in [0.1, 0.15) is 11.6 Å². The third kappa shape index (κ3) is 3.49. The van der Waals surface area contributed by atoms with E-state index >= 15 is 0 Å². The fraction of sp³-hybridized carbons (Fsp3) is 0.286. The van der Waals surface area contributed by atoms with Crippen molar-refractivity contribution < 1.29 is 4.39 Å². The van der Waals surface area contributed by atoms with Crippen molar-refractivity contribution in [1.29, 1.82) is 0 Å². The second-order valence-electron chi connectivity index (χ2n) is 4.12. The molecule has 1 heterocycles. The van der Waals surface area contributed by atoms with Crippen LogP contribution < -0.4 is 5.32 Å². The molecule has 0 amide bonds. The number of nitrogens with zero attached hydrogens (tertiary/aromatic N) is 2. The summed E-state index contributed by atoms with van der Waals surface area (Å²) in [4.78, 5) is 8.43. The molecule has 19 heavy (non-hydrogen) atoms. The first-order valence-electron chi connectivity index (χ1n) is 6.15. The van der Waals surface area contributed by atoms with Gasteiger partial charge in [0.15, 0.2) is 0 Å². The summed E-state index contributed by atoms with van der Waals surface area (Å²) in [7, 11) is 0. The number of hydrogen-bond acceptors (Lipinski definition) is 3. The Morgan fingerprint density at radius 3 is 2.63 bits per heavy atom. The Kier molecular flexibility index (Phi) is 4.82. The summed E-state index contributed by atoms with van der Waals surface area (Å²) >= 11 is 6.05. The monoisotopic (exact) mass is 279 g/mol. The lowest BCUT2D eigenvalue weighted by Gasteiger charge is -2.17. The molecule has 1 N–H and O–H groups in total. The fourth-order valence-electron chi connectivity index (χ4n) is 1.92. The molecule has 1 atom stereocenters. The van der Waals surface area contributed by atoms with Gasteiger partial charge in [-0.2, -0.15) is 0 Å². The van der Waals surface area contributed by atoms with Crippen LogP contribution in [-0.2, 0) is 6.42 Å². The molecule has 0 aliphatic carbocycles. The van der Waals surface area contributed by atoms with Crippen molar-refractivity contribution >= 4 is 11.6 Å². The lowest BCUT2D eigenvalue weighted by molar-refractivity contribution is 0.505. The molecule has 0 aliphatic rings. The smallest absolute Gasteiger partial charge is 0.145 e. The van der Waals surface area contributed by atoms with Crippen molar-refractivity contribution in [1.82, 2.24) is 15.3 Å². The van der Waals surface area contributed by atoms with Crippen molar-refractivity contribution in [3.05, 3.63) is 58.9 Å². The van der Waals surface area contributed by atoms with Crippen LogP contribution in [0.5, 0.6) is 0 Å². The van der Waals surface area contributed by atoms with Gasteiger partial charge < -0.3 is 5.32 Å². The molecule has 2 rings (SSSR count). The molecule has 0 aliphatic heterocycles. The van der Waals surface area contributed by atoms with Gasteiger partial charge in [0, 0.05) is 23.0 Å². The highest BCUT2D eigenvalue weighted by Gasteiger charge is 2.17. The zero-order valence-corrected chi connectivity index (χ0v) is 11.4. The van der Waals surface area contributed by atoms with Crippen molar-refractivity contribution in [2.75, 3.05) is 6.54 Å². The standard InChI is InChI=1S/C14H15ClFN3/c1-2-17-13(14-18-7-4-8-19-14)9-10-11(15)5-3-6-12(10)16/h3-8,13,17H,2,9H2,1H3.